The summed E-state index contributed by atoms with van der Waals surface area (Å²) >= 11 is 0. The number of amides is 1. The fraction of sp³-hybridized carbons (Fsp3) is 0.650. The quantitative estimate of drug-likeness (QED) is 0.893. The van der Waals surface area contributed by atoms with Crippen LogP contribution in [0.25, 0.3) is 0 Å². The molecule has 1 amide bonds. The number of likely N-dealkylation sites (tertiary alicyclic amines) is 1. The van der Waals surface area contributed by atoms with Gasteiger partial charge in [-0.2, -0.15) is 0 Å². The van der Waals surface area contributed by atoms with Gasteiger partial charge >= 0.3 is 0 Å². The molecule has 0 spiro atoms. The first-order valence-corrected chi connectivity index (χ1v) is 9.37. The minimum absolute atomic E-state index is 0.188. The number of nitrogens with two attached hydrogens (primary N) is 1. The Morgan fingerprint density at radius 1 is 1.25 bits per heavy atom. The van der Waals surface area contributed by atoms with Crippen LogP contribution >= 0.6 is 0 Å². The highest BCUT2D eigenvalue weighted by atomic mass is 16.3. The number of β-amino-alcohol motifs (C(OH)–C–C–N with tert-alkyl or cyclic N) is 1. The van der Waals surface area contributed by atoms with Gasteiger partial charge in [-0.1, -0.05) is 18.6 Å². The maximum Gasteiger partial charge on any atom is 0.248 e. The zero-order chi connectivity index (χ0) is 16.8. The van der Waals surface area contributed by atoms with Gasteiger partial charge in [-0.15, -0.1) is 0 Å². The molecule has 1 aromatic rings. The van der Waals surface area contributed by atoms with Gasteiger partial charge in [0.15, 0.2) is 0 Å². The van der Waals surface area contributed by atoms with Crippen LogP contribution in [-0.4, -0.2) is 40.6 Å². The summed E-state index contributed by atoms with van der Waals surface area (Å²) in [6.45, 7) is 1.89. The number of fused-ring (bicyclic) bond motifs is 2. The van der Waals surface area contributed by atoms with Crippen LogP contribution in [0, 0.1) is 0 Å². The van der Waals surface area contributed by atoms with E-state index in [0.717, 1.165) is 38.8 Å². The molecule has 24 heavy (non-hydrogen) atoms. The van der Waals surface area contributed by atoms with Crippen molar-refractivity contribution in [1.82, 2.24) is 4.90 Å². The average Bonchev–Trinajstić information content (AvgIpc) is 2.56. The third kappa shape index (κ3) is 2.76. The minimum Gasteiger partial charge on any atom is -0.389 e. The summed E-state index contributed by atoms with van der Waals surface area (Å²) in [6, 6.07) is 8.53. The molecule has 3 aliphatic rings. The summed E-state index contributed by atoms with van der Waals surface area (Å²) in [5.41, 5.74) is 7.14. The van der Waals surface area contributed by atoms with Crippen LogP contribution in [0.1, 0.15) is 67.3 Å². The van der Waals surface area contributed by atoms with Gasteiger partial charge in [-0.05, 0) is 74.6 Å². The Bertz CT molecular complexity index is 640. The van der Waals surface area contributed by atoms with E-state index in [1.165, 1.54) is 31.2 Å². The number of carbonyl (C=O) groups is 1. The Hall–Kier alpha value is -1.39. The fourth-order valence-corrected chi connectivity index (χ4v) is 5.15. The van der Waals surface area contributed by atoms with Crippen molar-refractivity contribution in [2.75, 3.05) is 13.1 Å². The SMILES string of the molecule is NC(=O)c1cccc(C23CCCC(C2)N(CC2(O)CCC2)CC3)c1. The molecule has 2 bridgehead atoms. The molecule has 0 aromatic heterocycles. The largest absolute Gasteiger partial charge is 0.389 e. The van der Waals surface area contributed by atoms with E-state index in [4.69, 9.17) is 5.73 Å². The number of nitrogens with zero attached hydrogens (tertiary/aromatic N) is 1. The molecule has 3 N–H and O–H groups in total. The molecule has 1 aromatic carbocycles. The molecule has 1 aliphatic heterocycles. The van der Waals surface area contributed by atoms with E-state index in [2.05, 4.69) is 11.0 Å². The zero-order valence-electron chi connectivity index (χ0n) is 14.3. The number of piperidine rings is 1. The lowest BCUT2D eigenvalue weighted by Crippen LogP contribution is -2.57. The minimum atomic E-state index is -0.427. The van der Waals surface area contributed by atoms with Crippen LogP contribution in [0.3, 0.4) is 0 Å². The monoisotopic (exact) mass is 328 g/mol. The Morgan fingerprint density at radius 2 is 2.08 bits per heavy atom. The first-order valence-electron chi connectivity index (χ1n) is 9.37. The molecule has 2 aliphatic carbocycles. The van der Waals surface area contributed by atoms with Crippen molar-refractivity contribution in [3.05, 3.63) is 35.4 Å². The first kappa shape index (κ1) is 16.1. The van der Waals surface area contributed by atoms with Crippen LogP contribution < -0.4 is 5.73 Å². The Morgan fingerprint density at radius 3 is 2.79 bits per heavy atom. The highest BCUT2D eigenvalue weighted by Gasteiger charge is 2.46. The molecular formula is C20H28N2O2. The number of hydrogen-bond acceptors (Lipinski definition) is 3. The van der Waals surface area contributed by atoms with Crippen molar-refractivity contribution >= 4 is 5.91 Å². The van der Waals surface area contributed by atoms with E-state index >= 15 is 0 Å². The summed E-state index contributed by atoms with van der Waals surface area (Å²) in [5, 5.41) is 10.5. The van der Waals surface area contributed by atoms with Crippen LogP contribution in [0.4, 0.5) is 0 Å². The topological polar surface area (TPSA) is 66.6 Å². The van der Waals surface area contributed by atoms with Gasteiger partial charge in [-0.3, -0.25) is 9.69 Å². The number of benzene rings is 1. The van der Waals surface area contributed by atoms with Crippen molar-refractivity contribution in [2.45, 2.75) is 68.4 Å². The van der Waals surface area contributed by atoms with Crippen LogP contribution in [0.5, 0.6) is 0 Å². The van der Waals surface area contributed by atoms with Crippen LogP contribution in [0.2, 0.25) is 0 Å². The maximum atomic E-state index is 11.5. The van der Waals surface area contributed by atoms with E-state index in [1.807, 2.05) is 18.2 Å². The van der Waals surface area contributed by atoms with Gasteiger partial charge < -0.3 is 10.8 Å². The molecule has 2 saturated carbocycles. The van der Waals surface area contributed by atoms with Crippen LogP contribution in [0.15, 0.2) is 24.3 Å². The Labute approximate surface area is 144 Å². The second-order valence-electron chi connectivity index (χ2n) is 8.27. The number of hydrogen-bond donors (Lipinski definition) is 2. The molecular weight excluding hydrogens is 300 g/mol. The third-order valence-electron chi connectivity index (χ3n) is 6.75. The van der Waals surface area contributed by atoms with Crippen molar-refractivity contribution < 1.29 is 9.90 Å². The molecule has 130 valence electrons. The second-order valence-corrected chi connectivity index (χ2v) is 8.27. The lowest BCUT2D eigenvalue weighted by molar-refractivity contribution is -0.0825. The van der Waals surface area contributed by atoms with Gasteiger partial charge in [0.2, 0.25) is 5.91 Å². The molecule has 0 radical (unpaired) electrons. The predicted molar refractivity (Wildman–Crippen MR) is 93.9 cm³/mol. The van der Waals surface area contributed by atoms with Gasteiger partial charge in [-0.25, -0.2) is 0 Å². The van der Waals surface area contributed by atoms with E-state index < -0.39 is 5.60 Å². The van der Waals surface area contributed by atoms with Crippen molar-refractivity contribution in [2.24, 2.45) is 5.73 Å². The maximum absolute atomic E-state index is 11.5. The summed E-state index contributed by atoms with van der Waals surface area (Å²) in [4.78, 5) is 14.1. The van der Waals surface area contributed by atoms with E-state index in [1.54, 1.807) is 0 Å². The molecule has 4 nitrogen and oxygen atoms in total. The Kier molecular flexibility index (Phi) is 3.92. The normalized spacial score (nSPS) is 32.1. The summed E-state index contributed by atoms with van der Waals surface area (Å²) in [7, 11) is 0. The highest BCUT2D eigenvalue weighted by Crippen LogP contribution is 2.48. The number of primary amides is 1. The zero-order valence-corrected chi connectivity index (χ0v) is 14.3. The lowest BCUT2D eigenvalue weighted by Gasteiger charge is -2.53. The molecule has 2 unspecified atom stereocenters. The lowest BCUT2D eigenvalue weighted by atomic mass is 9.63. The second kappa shape index (κ2) is 5.85. The summed E-state index contributed by atoms with van der Waals surface area (Å²) < 4.78 is 0. The number of aliphatic hydroxyl groups is 1. The van der Waals surface area contributed by atoms with E-state index in [-0.39, 0.29) is 11.3 Å². The average molecular weight is 328 g/mol. The van der Waals surface area contributed by atoms with Crippen molar-refractivity contribution in [3.63, 3.8) is 0 Å². The van der Waals surface area contributed by atoms with Gasteiger partial charge in [0.05, 0.1) is 5.60 Å². The predicted octanol–water partition coefficient (Wildman–Crippen LogP) is 2.59. The summed E-state index contributed by atoms with van der Waals surface area (Å²) in [6.07, 6.45) is 8.99. The van der Waals surface area contributed by atoms with Gasteiger partial charge in [0.25, 0.3) is 0 Å². The van der Waals surface area contributed by atoms with E-state index in [0.29, 0.717) is 11.6 Å². The smallest absolute Gasteiger partial charge is 0.248 e. The fourth-order valence-electron chi connectivity index (χ4n) is 5.15. The molecule has 2 atom stereocenters. The number of rotatable bonds is 4. The highest BCUT2D eigenvalue weighted by molar-refractivity contribution is 5.92. The molecule has 4 rings (SSSR count). The Balaban J connectivity index is 1.55. The molecule has 1 saturated heterocycles. The first-order chi connectivity index (χ1) is 11.5. The standard InChI is InChI=1S/C20H28N2O2/c21-18(23)15-4-1-5-16(12-15)19-7-2-6-17(13-19)22(11-10-19)14-20(24)8-3-9-20/h1,4-5,12,17,24H,2-3,6-11,13-14H2,(H2,21,23). The van der Waals surface area contributed by atoms with Crippen LogP contribution in [-0.2, 0) is 5.41 Å². The molecule has 1 heterocycles. The molecule has 4 heteroatoms. The van der Waals surface area contributed by atoms with Crippen molar-refractivity contribution in [3.8, 4) is 0 Å². The third-order valence-corrected chi connectivity index (χ3v) is 6.75. The number of carbonyl (C=O) groups excluding carboxylic acids is 1. The summed E-state index contributed by atoms with van der Waals surface area (Å²) in [5.74, 6) is -0.342. The van der Waals surface area contributed by atoms with Gasteiger partial charge in [0.1, 0.15) is 0 Å². The molecule has 3 fully saturated rings. The van der Waals surface area contributed by atoms with E-state index in [9.17, 15) is 9.90 Å². The van der Waals surface area contributed by atoms with Gasteiger partial charge in [0, 0.05) is 18.2 Å². The van der Waals surface area contributed by atoms with Crippen molar-refractivity contribution in [1.29, 1.82) is 0 Å².